The summed E-state index contributed by atoms with van der Waals surface area (Å²) < 4.78 is 13.5. The van der Waals surface area contributed by atoms with Gasteiger partial charge in [-0.15, -0.1) is 0 Å². The van der Waals surface area contributed by atoms with Crippen LogP contribution >= 0.6 is 11.3 Å². The van der Waals surface area contributed by atoms with Crippen molar-refractivity contribution in [3.63, 3.8) is 0 Å². The van der Waals surface area contributed by atoms with E-state index in [2.05, 4.69) is 4.98 Å². The molecule has 18 heavy (non-hydrogen) atoms. The van der Waals surface area contributed by atoms with Crippen molar-refractivity contribution in [2.75, 3.05) is 11.9 Å². The Hall–Kier alpha value is -1.75. The molecule has 0 aliphatic heterocycles. The van der Waals surface area contributed by atoms with Crippen LogP contribution in [0, 0.1) is 5.82 Å². The maximum absolute atomic E-state index is 13.5. The third kappa shape index (κ3) is 2.73. The summed E-state index contributed by atoms with van der Waals surface area (Å²) in [6.07, 6.45) is 1.56. The highest BCUT2D eigenvalue weighted by Crippen LogP contribution is 2.23. The van der Waals surface area contributed by atoms with Crippen LogP contribution in [-0.2, 0) is 6.54 Å². The number of rotatable bonds is 4. The molecule has 94 valence electrons. The molecule has 0 amide bonds. The van der Waals surface area contributed by atoms with E-state index in [1.807, 2.05) is 11.9 Å². The van der Waals surface area contributed by atoms with Gasteiger partial charge in [0.15, 0.2) is 10.9 Å². The third-order valence-corrected chi connectivity index (χ3v) is 3.74. The minimum Gasteiger partial charge on any atom is -0.347 e. The Labute approximate surface area is 109 Å². The fourth-order valence-electron chi connectivity index (χ4n) is 1.55. The Morgan fingerprint density at radius 1 is 1.44 bits per heavy atom. The molecule has 0 fully saturated rings. The van der Waals surface area contributed by atoms with Gasteiger partial charge in [-0.25, -0.2) is 9.37 Å². The summed E-state index contributed by atoms with van der Waals surface area (Å²) in [5, 5.41) is 0.712. The SMILES string of the molecule is CC(=O)c1cnc(N(C)Cc2ccccc2F)s1. The van der Waals surface area contributed by atoms with E-state index in [9.17, 15) is 9.18 Å². The molecule has 0 saturated carbocycles. The van der Waals surface area contributed by atoms with Crippen molar-refractivity contribution in [1.82, 2.24) is 4.98 Å². The van der Waals surface area contributed by atoms with E-state index in [1.54, 1.807) is 24.4 Å². The molecule has 1 aromatic carbocycles. The largest absolute Gasteiger partial charge is 0.347 e. The average molecular weight is 264 g/mol. The molecule has 1 heterocycles. The number of Topliss-reactive ketones (excluding diaryl/α,β-unsaturated/α-hetero) is 1. The van der Waals surface area contributed by atoms with Crippen LogP contribution in [0.15, 0.2) is 30.5 Å². The van der Waals surface area contributed by atoms with Crippen LogP contribution in [0.1, 0.15) is 22.2 Å². The molecule has 0 N–H and O–H groups in total. The number of thiazole rings is 1. The van der Waals surface area contributed by atoms with Crippen LogP contribution in [0.4, 0.5) is 9.52 Å². The molecule has 0 radical (unpaired) electrons. The van der Waals surface area contributed by atoms with E-state index < -0.39 is 0 Å². The molecule has 0 aliphatic carbocycles. The smallest absolute Gasteiger partial charge is 0.185 e. The van der Waals surface area contributed by atoms with Gasteiger partial charge in [-0.2, -0.15) is 0 Å². The topological polar surface area (TPSA) is 33.2 Å². The minimum atomic E-state index is -0.229. The van der Waals surface area contributed by atoms with Gasteiger partial charge in [0.05, 0.1) is 11.1 Å². The van der Waals surface area contributed by atoms with Crippen molar-refractivity contribution < 1.29 is 9.18 Å². The lowest BCUT2D eigenvalue weighted by Gasteiger charge is -2.15. The van der Waals surface area contributed by atoms with E-state index in [0.717, 1.165) is 0 Å². The number of nitrogens with zero attached hydrogens (tertiary/aromatic N) is 2. The van der Waals surface area contributed by atoms with Crippen molar-refractivity contribution in [1.29, 1.82) is 0 Å². The van der Waals surface area contributed by atoms with Gasteiger partial charge in [0, 0.05) is 26.1 Å². The van der Waals surface area contributed by atoms with Gasteiger partial charge in [0.1, 0.15) is 5.82 Å². The Morgan fingerprint density at radius 2 is 2.17 bits per heavy atom. The number of carbonyl (C=O) groups excluding carboxylic acids is 1. The van der Waals surface area contributed by atoms with E-state index in [-0.39, 0.29) is 11.6 Å². The molecule has 2 aromatic rings. The summed E-state index contributed by atoms with van der Waals surface area (Å²) in [7, 11) is 1.83. The van der Waals surface area contributed by atoms with Gasteiger partial charge in [-0.3, -0.25) is 4.79 Å². The number of hydrogen-bond acceptors (Lipinski definition) is 4. The second-order valence-electron chi connectivity index (χ2n) is 4.01. The lowest BCUT2D eigenvalue weighted by molar-refractivity contribution is 0.102. The lowest BCUT2D eigenvalue weighted by Crippen LogP contribution is -2.16. The zero-order valence-electron chi connectivity index (χ0n) is 10.2. The standard InChI is InChI=1S/C13H13FN2OS/c1-9(17)12-7-15-13(18-12)16(2)8-10-5-3-4-6-11(10)14/h3-7H,8H2,1-2H3. The molecular weight excluding hydrogens is 251 g/mol. The summed E-state index contributed by atoms with van der Waals surface area (Å²) in [5.41, 5.74) is 0.611. The molecule has 3 nitrogen and oxygen atoms in total. The molecule has 0 unspecified atom stereocenters. The minimum absolute atomic E-state index is 0.00181. The van der Waals surface area contributed by atoms with Crippen LogP contribution in [0.2, 0.25) is 0 Å². The number of benzene rings is 1. The molecule has 2 rings (SSSR count). The zero-order valence-corrected chi connectivity index (χ0v) is 11.0. The zero-order chi connectivity index (χ0) is 13.1. The molecule has 0 saturated heterocycles. The second-order valence-corrected chi connectivity index (χ2v) is 5.02. The van der Waals surface area contributed by atoms with Crippen LogP contribution in [0.5, 0.6) is 0 Å². The summed E-state index contributed by atoms with van der Waals surface area (Å²) in [4.78, 5) is 17.8. The first kappa shape index (κ1) is 12.7. The summed E-state index contributed by atoms with van der Waals surface area (Å²) >= 11 is 1.32. The second kappa shape index (κ2) is 5.27. The predicted molar refractivity (Wildman–Crippen MR) is 70.6 cm³/mol. The first-order valence-electron chi connectivity index (χ1n) is 5.49. The maximum atomic E-state index is 13.5. The molecule has 0 spiro atoms. The Morgan fingerprint density at radius 3 is 2.78 bits per heavy atom. The van der Waals surface area contributed by atoms with Crippen molar-refractivity contribution >= 4 is 22.3 Å². The van der Waals surface area contributed by atoms with Crippen molar-refractivity contribution in [2.24, 2.45) is 0 Å². The van der Waals surface area contributed by atoms with Gasteiger partial charge in [0.2, 0.25) is 0 Å². The Bertz CT molecular complexity index is 568. The molecule has 1 aromatic heterocycles. The first-order chi connectivity index (χ1) is 8.58. The molecule has 5 heteroatoms. The van der Waals surface area contributed by atoms with E-state index in [0.29, 0.717) is 22.1 Å². The number of halogens is 1. The average Bonchev–Trinajstić information content (AvgIpc) is 2.81. The first-order valence-corrected chi connectivity index (χ1v) is 6.31. The highest BCUT2D eigenvalue weighted by atomic mass is 32.1. The number of anilines is 1. The summed E-state index contributed by atoms with van der Waals surface area (Å²) in [6.45, 7) is 1.94. The van der Waals surface area contributed by atoms with E-state index >= 15 is 0 Å². The Kier molecular flexibility index (Phi) is 3.72. The van der Waals surface area contributed by atoms with Crippen molar-refractivity contribution in [3.05, 3.63) is 46.7 Å². The van der Waals surface area contributed by atoms with Crippen molar-refractivity contribution in [3.8, 4) is 0 Å². The van der Waals surface area contributed by atoms with Crippen molar-refractivity contribution in [2.45, 2.75) is 13.5 Å². The molecule has 0 atom stereocenters. The maximum Gasteiger partial charge on any atom is 0.185 e. The number of aromatic nitrogens is 1. The van der Waals surface area contributed by atoms with Gasteiger partial charge in [-0.05, 0) is 6.07 Å². The molecular formula is C13H13FN2OS. The van der Waals surface area contributed by atoms with Gasteiger partial charge in [-0.1, -0.05) is 29.5 Å². The van der Waals surface area contributed by atoms with Gasteiger partial charge >= 0.3 is 0 Å². The van der Waals surface area contributed by atoms with E-state index in [1.165, 1.54) is 24.3 Å². The highest BCUT2D eigenvalue weighted by molar-refractivity contribution is 7.17. The molecule has 0 bridgehead atoms. The van der Waals surface area contributed by atoms with E-state index in [4.69, 9.17) is 0 Å². The Balaban J connectivity index is 2.14. The highest BCUT2D eigenvalue weighted by Gasteiger charge is 2.11. The number of ketones is 1. The monoisotopic (exact) mass is 264 g/mol. The quantitative estimate of drug-likeness (QED) is 0.795. The van der Waals surface area contributed by atoms with Gasteiger partial charge in [0.25, 0.3) is 0 Å². The van der Waals surface area contributed by atoms with Crippen LogP contribution in [0.25, 0.3) is 0 Å². The summed E-state index contributed by atoms with van der Waals surface area (Å²) in [6, 6.07) is 6.64. The number of hydrogen-bond donors (Lipinski definition) is 0. The predicted octanol–water partition coefficient (Wildman–Crippen LogP) is 3.12. The van der Waals surface area contributed by atoms with Crippen LogP contribution in [-0.4, -0.2) is 17.8 Å². The summed E-state index contributed by atoms with van der Waals surface area (Å²) in [5.74, 6) is -0.231. The number of carbonyl (C=O) groups is 1. The fraction of sp³-hybridized carbons (Fsp3) is 0.231. The third-order valence-electron chi connectivity index (χ3n) is 2.53. The van der Waals surface area contributed by atoms with Crippen LogP contribution < -0.4 is 4.90 Å². The lowest BCUT2D eigenvalue weighted by atomic mass is 10.2. The molecule has 0 aliphatic rings. The van der Waals surface area contributed by atoms with Gasteiger partial charge < -0.3 is 4.90 Å². The normalized spacial score (nSPS) is 10.4. The fourth-order valence-corrected chi connectivity index (χ4v) is 2.33. The van der Waals surface area contributed by atoms with Crippen LogP contribution in [0.3, 0.4) is 0 Å².